The molecule has 0 aromatic heterocycles. The van der Waals surface area contributed by atoms with E-state index >= 15 is 0 Å². The third-order valence-corrected chi connectivity index (χ3v) is 9.26. The highest BCUT2D eigenvalue weighted by Gasteiger charge is 2.34. The molecule has 1 atom stereocenters. The average molecular weight is 653 g/mol. The molecular formula is C34H35Cl2N3O4S. The fraction of sp³-hybridized carbons (Fsp3) is 0.235. The van der Waals surface area contributed by atoms with Gasteiger partial charge >= 0.3 is 0 Å². The van der Waals surface area contributed by atoms with Gasteiger partial charge < -0.3 is 10.2 Å². The van der Waals surface area contributed by atoms with E-state index in [0.717, 1.165) is 21.0 Å². The molecule has 2 amide bonds. The molecule has 4 aromatic rings. The van der Waals surface area contributed by atoms with Crippen LogP contribution in [0, 0.1) is 6.92 Å². The van der Waals surface area contributed by atoms with Crippen molar-refractivity contribution in [1.29, 1.82) is 0 Å². The molecule has 0 spiro atoms. The number of carbonyl (C=O) groups excluding carboxylic acids is 2. The van der Waals surface area contributed by atoms with Crippen molar-refractivity contribution in [2.24, 2.45) is 0 Å². The van der Waals surface area contributed by atoms with Gasteiger partial charge in [-0.2, -0.15) is 0 Å². The van der Waals surface area contributed by atoms with E-state index in [1.807, 2.05) is 68.4 Å². The zero-order valence-electron chi connectivity index (χ0n) is 24.6. The Morgan fingerprint density at radius 1 is 0.818 bits per heavy atom. The molecule has 1 unspecified atom stereocenters. The van der Waals surface area contributed by atoms with Crippen LogP contribution in [0.15, 0.2) is 108 Å². The van der Waals surface area contributed by atoms with Gasteiger partial charge in [0.15, 0.2) is 0 Å². The Balaban J connectivity index is 1.81. The summed E-state index contributed by atoms with van der Waals surface area (Å²) in [5.41, 5.74) is 2.84. The topological polar surface area (TPSA) is 86.8 Å². The Kier molecular flexibility index (Phi) is 11.4. The van der Waals surface area contributed by atoms with E-state index in [1.54, 1.807) is 18.2 Å². The fourth-order valence-corrected chi connectivity index (χ4v) is 6.68. The first-order valence-corrected chi connectivity index (χ1v) is 16.5. The molecule has 0 aliphatic carbocycles. The number of amides is 2. The summed E-state index contributed by atoms with van der Waals surface area (Å²) in [4.78, 5) is 29.6. The summed E-state index contributed by atoms with van der Waals surface area (Å²) in [6.45, 7) is 3.85. The van der Waals surface area contributed by atoms with Crippen LogP contribution in [0.2, 0.25) is 10.0 Å². The zero-order valence-corrected chi connectivity index (χ0v) is 26.9. The normalized spacial score (nSPS) is 11.9. The maximum atomic E-state index is 14.4. The number of nitrogens with one attached hydrogen (secondary N) is 1. The highest BCUT2D eigenvalue weighted by Crippen LogP contribution is 2.30. The molecule has 4 aromatic carbocycles. The number of rotatable bonds is 13. The maximum Gasteiger partial charge on any atom is 0.264 e. The maximum absolute atomic E-state index is 14.4. The van der Waals surface area contributed by atoms with Gasteiger partial charge in [-0.15, -0.1) is 0 Å². The molecule has 0 saturated heterocycles. The Morgan fingerprint density at radius 2 is 1.41 bits per heavy atom. The number of halogens is 2. The van der Waals surface area contributed by atoms with Gasteiger partial charge in [-0.05, 0) is 54.8 Å². The minimum absolute atomic E-state index is 0.00416. The summed E-state index contributed by atoms with van der Waals surface area (Å²) in [6, 6.07) is 28.4. The lowest BCUT2D eigenvalue weighted by Gasteiger charge is -2.34. The van der Waals surface area contributed by atoms with Crippen molar-refractivity contribution < 1.29 is 18.0 Å². The van der Waals surface area contributed by atoms with E-state index in [0.29, 0.717) is 13.0 Å². The number of benzene rings is 4. The Bertz CT molecular complexity index is 1650. The first-order chi connectivity index (χ1) is 21.1. The molecule has 0 aliphatic heterocycles. The summed E-state index contributed by atoms with van der Waals surface area (Å²) in [5, 5.41) is 3.37. The number of sulfonamides is 1. The monoisotopic (exact) mass is 651 g/mol. The Hall–Kier alpha value is -3.85. The molecule has 7 nitrogen and oxygen atoms in total. The highest BCUT2D eigenvalue weighted by atomic mass is 35.5. The molecule has 0 radical (unpaired) electrons. The van der Waals surface area contributed by atoms with Crippen molar-refractivity contribution in [3.63, 3.8) is 0 Å². The first-order valence-electron chi connectivity index (χ1n) is 14.3. The molecule has 0 heterocycles. The lowest BCUT2D eigenvalue weighted by atomic mass is 10.0. The van der Waals surface area contributed by atoms with Gasteiger partial charge in [-0.1, -0.05) is 108 Å². The zero-order chi connectivity index (χ0) is 31.7. The van der Waals surface area contributed by atoms with Crippen LogP contribution in [0.25, 0.3) is 0 Å². The molecule has 4 rings (SSSR count). The number of hydrogen-bond donors (Lipinski definition) is 1. The van der Waals surface area contributed by atoms with Crippen LogP contribution >= 0.6 is 23.2 Å². The Labute approximate surface area is 269 Å². The number of nitrogens with zero attached hydrogens (tertiary/aromatic N) is 2. The van der Waals surface area contributed by atoms with Crippen LogP contribution in [0.1, 0.15) is 30.0 Å². The van der Waals surface area contributed by atoms with Crippen molar-refractivity contribution in [2.75, 3.05) is 17.4 Å². The number of carbonyl (C=O) groups is 2. The van der Waals surface area contributed by atoms with Crippen molar-refractivity contribution in [1.82, 2.24) is 10.2 Å². The van der Waals surface area contributed by atoms with Gasteiger partial charge in [-0.25, -0.2) is 8.42 Å². The largest absolute Gasteiger partial charge is 0.354 e. The SMILES string of the molecule is CCCNC(=O)C(Cc1ccccc1)N(Cc1ccc(C)cc1)C(=O)CN(c1cc(Cl)cc(Cl)c1)S(=O)(=O)c1ccccc1. The summed E-state index contributed by atoms with van der Waals surface area (Å²) in [7, 11) is -4.25. The summed E-state index contributed by atoms with van der Waals surface area (Å²) >= 11 is 12.6. The third kappa shape index (κ3) is 8.62. The molecule has 0 saturated carbocycles. The van der Waals surface area contributed by atoms with Gasteiger partial charge in [0.2, 0.25) is 11.8 Å². The van der Waals surface area contributed by atoms with Gasteiger partial charge in [0, 0.05) is 29.6 Å². The van der Waals surface area contributed by atoms with Crippen molar-refractivity contribution in [2.45, 2.75) is 44.2 Å². The average Bonchev–Trinajstić information content (AvgIpc) is 3.01. The van der Waals surface area contributed by atoms with Crippen LogP contribution in [0.5, 0.6) is 0 Å². The smallest absolute Gasteiger partial charge is 0.264 e. The number of anilines is 1. The van der Waals surface area contributed by atoms with Crippen LogP contribution < -0.4 is 9.62 Å². The second-order valence-corrected chi connectivity index (χ2v) is 13.2. The Morgan fingerprint density at radius 3 is 2.00 bits per heavy atom. The number of hydrogen-bond acceptors (Lipinski definition) is 4. The second kappa shape index (κ2) is 15.2. The van der Waals surface area contributed by atoms with Crippen molar-refractivity contribution in [3.8, 4) is 0 Å². The predicted molar refractivity (Wildman–Crippen MR) is 176 cm³/mol. The summed E-state index contributed by atoms with van der Waals surface area (Å²) < 4.78 is 29.1. The van der Waals surface area contributed by atoms with Gasteiger partial charge in [-0.3, -0.25) is 13.9 Å². The molecule has 1 N–H and O–H groups in total. The van der Waals surface area contributed by atoms with Gasteiger partial charge in [0.05, 0.1) is 10.6 Å². The fourth-order valence-electron chi connectivity index (χ4n) is 4.74. The molecule has 0 bridgehead atoms. The first kappa shape index (κ1) is 33.1. The van der Waals surface area contributed by atoms with E-state index in [1.165, 1.54) is 35.2 Å². The van der Waals surface area contributed by atoms with Crippen LogP contribution in [-0.4, -0.2) is 44.3 Å². The van der Waals surface area contributed by atoms with E-state index in [2.05, 4.69) is 5.32 Å². The van der Waals surface area contributed by atoms with Crippen LogP contribution in [0.4, 0.5) is 5.69 Å². The van der Waals surface area contributed by atoms with Crippen molar-refractivity contribution >= 4 is 50.7 Å². The van der Waals surface area contributed by atoms with Crippen molar-refractivity contribution in [3.05, 3.63) is 130 Å². The van der Waals surface area contributed by atoms with E-state index in [-0.39, 0.29) is 39.5 Å². The molecule has 0 aliphatic rings. The third-order valence-electron chi connectivity index (χ3n) is 7.04. The van der Waals surface area contributed by atoms with Gasteiger partial charge in [0.25, 0.3) is 10.0 Å². The molecular weight excluding hydrogens is 617 g/mol. The molecule has 0 fully saturated rings. The lowest BCUT2D eigenvalue weighted by molar-refractivity contribution is -0.140. The summed E-state index contributed by atoms with van der Waals surface area (Å²) in [6.07, 6.45) is 0.955. The van der Waals surface area contributed by atoms with E-state index in [9.17, 15) is 18.0 Å². The van der Waals surface area contributed by atoms with Crippen LogP contribution in [-0.2, 0) is 32.6 Å². The molecule has 230 valence electrons. The molecule has 10 heteroatoms. The lowest BCUT2D eigenvalue weighted by Crippen LogP contribution is -2.53. The standard InChI is InChI=1S/C34H35Cl2N3O4S/c1-3-18-37-34(41)32(19-26-10-6-4-7-11-26)38(23-27-16-14-25(2)15-17-27)33(40)24-39(30-21-28(35)20-29(36)22-30)44(42,43)31-12-8-5-9-13-31/h4-17,20-22,32H,3,18-19,23-24H2,1-2H3,(H,37,41). The second-order valence-electron chi connectivity index (χ2n) is 10.5. The van der Waals surface area contributed by atoms with Gasteiger partial charge in [0.1, 0.15) is 12.6 Å². The van der Waals surface area contributed by atoms with E-state index in [4.69, 9.17) is 23.2 Å². The highest BCUT2D eigenvalue weighted by molar-refractivity contribution is 7.92. The van der Waals surface area contributed by atoms with Crippen LogP contribution in [0.3, 0.4) is 0 Å². The number of aryl methyl sites for hydroxylation is 1. The van der Waals surface area contributed by atoms with E-state index < -0.39 is 28.5 Å². The summed E-state index contributed by atoms with van der Waals surface area (Å²) in [5.74, 6) is -0.881. The predicted octanol–water partition coefficient (Wildman–Crippen LogP) is 6.66. The molecule has 44 heavy (non-hydrogen) atoms. The quantitative estimate of drug-likeness (QED) is 0.175. The minimum Gasteiger partial charge on any atom is -0.354 e. The minimum atomic E-state index is -4.25.